The topological polar surface area (TPSA) is 106 Å². The summed E-state index contributed by atoms with van der Waals surface area (Å²) in [6.07, 6.45) is 0. The third kappa shape index (κ3) is 4.44. The Balaban J connectivity index is 4.46. The lowest BCUT2D eigenvalue weighted by Gasteiger charge is -2.21. The quantitative estimate of drug-likeness (QED) is 0.561. The van der Waals surface area contributed by atoms with E-state index in [1.807, 2.05) is 0 Å². The molecule has 4 N–H and O–H groups in total. The van der Waals surface area contributed by atoms with E-state index in [9.17, 15) is 14.4 Å². The molecule has 0 aliphatic carbocycles. The van der Waals surface area contributed by atoms with E-state index in [2.05, 4.69) is 0 Å². The normalized spacial score (nSPS) is 9.93. The van der Waals surface area contributed by atoms with E-state index < -0.39 is 11.8 Å². The largest absolute Gasteiger partial charge is 0.368 e. The smallest absolute Gasteiger partial charge is 0.237 e. The van der Waals surface area contributed by atoms with Gasteiger partial charge in [-0.1, -0.05) is 13.8 Å². The Hall–Kier alpha value is -1.59. The SMILES string of the molecule is CC(C)C(=O)N(CC(N)=O)CC(N)=O. The van der Waals surface area contributed by atoms with Crippen molar-refractivity contribution in [3.05, 3.63) is 0 Å². The molecule has 0 heterocycles. The Bertz CT molecular complexity index is 234. The Morgan fingerprint density at radius 2 is 1.43 bits per heavy atom. The summed E-state index contributed by atoms with van der Waals surface area (Å²) in [6, 6.07) is 0. The molecule has 0 saturated carbocycles. The first-order valence-electron chi connectivity index (χ1n) is 4.20. The Morgan fingerprint density at radius 3 is 1.64 bits per heavy atom. The molecule has 0 radical (unpaired) electrons. The van der Waals surface area contributed by atoms with Gasteiger partial charge in [-0.2, -0.15) is 0 Å². The number of nitrogens with zero attached hydrogens (tertiary/aromatic N) is 1. The minimum Gasteiger partial charge on any atom is -0.368 e. The number of carbonyl (C=O) groups is 3. The van der Waals surface area contributed by atoms with Gasteiger partial charge in [-0.05, 0) is 0 Å². The first-order chi connectivity index (χ1) is 6.34. The van der Waals surface area contributed by atoms with E-state index in [0.717, 1.165) is 4.90 Å². The van der Waals surface area contributed by atoms with Crippen LogP contribution < -0.4 is 11.5 Å². The van der Waals surface area contributed by atoms with Crippen LogP contribution in [0.25, 0.3) is 0 Å². The lowest BCUT2D eigenvalue weighted by atomic mass is 10.2. The van der Waals surface area contributed by atoms with E-state index in [1.54, 1.807) is 13.8 Å². The summed E-state index contributed by atoms with van der Waals surface area (Å²) >= 11 is 0. The molecule has 80 valence electrons. The maximum Gasteiger partial charge on any atom is 0.237 e. The molecular weight excluding hydrogens is 186 g/mol. The van der Waals surface area contributed by atoms with Gasteiger partial charge < -0.3 is 16.4 Å². The molecule has 0 aliphatic rings. The molecule has 0 aliphatic heterocycles. The number of nitrogens with two attached hydrogens (primary N) is 2. The van der Waals surface area contributed by atoms with Crippen LogP contribution in [0, 0.1) is 5.92 Å². The summed E-state index contributed by atoms with van der Waals surface area (Å²) in [7, 11) is 0. The molecule has 3 amide bonds. The van der Waals surface area contributed by atoms with Gasteiger partial charge in [0.1, 0.15) is 0 Å². The van der Waals surface area contributed by atoms with Gasteiger partial charge in [0.2, 0.25) is 17.7 Å². The van der Waals surface area contributed by atoms with Crippen molar-refractivity contribution in [2.75, 3.05) is 13.1 Å². The Labute approximate surface area is 82.2 Å². The average molecular weight is 201 g/mol. The van der Waals surface area contributed by atoms with Gasteiger partial charge in [-0.15, -0.1) is 0 Å². The van der Waals surface area contributed by atoms with Crippen molar-refractivity contribution in [3.63, 3.8) is 0 Å². The van der Waals surface area contributed by atoms with Gasteiger partial charge in [-0.3, -0.25) is 14.4 Å². The van der Waals surface area contributed by atoms with Gasteiger partial charge in [-0.25, -0.2) is 0 Å². The Kier molecular flexibility index (Phi) is 4.62. The van der Waals surface area contributed by atoms with Gasteiger partial charge in [0.25, 0.3) is 0 Å². The van der Waals surface area contributed by atoms with Crippen molar-refractivity contribution in [3.8, 4) is 0 Å². The number of carbonyl (C=O) groups excluding carboxylic acids is 3. The molecule has 0 saturated heterocycles. The van der Waals surface area contributed by atoms with E-state index in [-0.39, 0.29) is 24.9 Å². The molecule has 0 aromatic carbocycles. The van der Waals surface area contributed by atoms with Gasteiger partial charge in [0.05, 0.1) is 13.1 Å². The minimum atomic E-state index is -0.666. The summed E-state index contributed by atoms with van der Waals surface area (Å²) in [4.78, 5) is 33.7. The fourth-order valence-electron chi connectivity index (χ4n) is 0.953. The fraction of sp³-hybridized carbons (Fsp3) is 0.625. The first kappa shape index (κ1) is 12.4. The van der Waals surface area contributed by atoms with Crippen LogP contribution in [0.15, 0.2) is 0 Å². The molecule has 0 aromatic heterocycles. The zero-order valence-corrected chi connectivity index (χ0v) is 8.32. The van der Waals surface area contributed by atoms with E-state index in [0.29, 0.717) is 0 Å². The Morgan fingerprint density at radius 1 is 1.07 bits per heavy atom. The standard InChI is InChI=1S/C8H15N3O3/c1-5(2)8(14)11(3-6(9)12)4-7(10)13/h5H,3-4H2,1-2H3,(H2,9,12)(H2,10,13). The number of primary amides is 2. The van der Waals surface area contributed by atoms with Crippen LogP contribution in [0.1, 0.15) is 13.8 Å². The van der Waals surface area contributed by atoms with Crippen LogP contribution in [-0.2, 0) is 14.4 Å². The van der Waals surface area contributed by atoms with Crippen molar-refractivity contribution < 1.29 is 14.4 Å². The van der Waals surface area contributed by atoms with Crippen LogP contribution in [0.3, 0.4) is 0 Å². The molecule has 0 aromatic rings. The van der Waals surface area contributed by atoms with Crippen molar-refractivity contribution in [1.29, 1.82) is 0 Å². The molecule has 0 fully saturated rings. The van der Waals surface area contributed by atoms with E-state index in [4.69, 9.17) is 11.5 Å². The van der Waals surface area contributed by atoms with E-state index >= 15 is 0 Å². The van der Waals surface area contributed by atoms with Crippen LogP contribution in [0.5, 0.6) is 0 Å². The van der Waals surface area contributed by atoms with Gasteiger partial charge >= 0.3 is 0 Å². The highest BCUT2D eigenvalue weighted by molar-refractivity contribution is 5.88. The first-order valence-corrected chi connectivity index (χ1v) is 4.20. The summed E-state index contributed by atoms with van der Waals surface area (Å²) in [5.41, 5.74) is 9.84. The average Bonchev–Trinajstić information content (AvgIpc) is 1.99. The molecule has 0 spiro atoms. The molecule has 14 heavy (non-hydrogen) atoms. The molecular formula is C8H15N3O3. The predicted octanol–water partition coefficient (Wildman–Crippen LogP) is -1.56. The maximum atomic E-state index is 11.4. The maximum absolute atomic E-state index is 11.4. The predicted molar refractivity (Wildman–Crippen MR) is 49.8 cm³/mol. The lowest BCUT2D eigenvalue weighted by Crippen LogP contribution is -2.44. The zero-order chi connectivity index (χ0) is 11.3. The second-order valence-electron chi connectivity index (χ2n) is 3.28. The van der Waals surface area contributed by atoms with Crippen LogP contribution in [-0.4, -0.2) is 35.7 Å². The molecule has 0 atom stereocenters. The van der Waals surface area contributed by atoms with Crippen LogP contribution in [0.2, 0.25) is 0 Å². The lowest BCUT2D eigenvalue weighted by molar-refractivity contribution is -0.140. The highest BCUT2D eigenvalue weighted by Crippen LogP contribution is 2.00. The molecule has 6 heteroatoms. The summed E-state index contributed by atoms with van der Waals surface area (Å²) < 4.78 is 0. The summed E-state index contributed by atoms with van der Waals surface area (Å²) in [6.45, 7) is 2.77. The van der Waals surface area contributed by atoms with Gasteiger partial charge in [0.15, 0.2) is 0 Å². The summed E-state index contributed by atoms with van der Waals surface area (Å²) in [5, 5.41) is 0. The van der Waals surface area contributed by atoms with Crippen LogP contribution >= 0.6 is 0 Å². The second kappa shape index (κ2) is 5.21. The van der Waals surface area contributed by atoms with Crippen molar-refractivity contribution >= 4 is 17.7 Å². The van der Waals surface area contributed by atoms with Crippen molar-refractivity contribution in [2.45, 2.75) is 13.8 Å². The number of amides is 3. The monoisotopic (exact) mass is 201 g/mol. The molecule has 0 rings (SSSR count). The van der Waals surface area contributed by atoms with Crippen LogP contribution in [0.4, 0.5) is 0 Å². The third-order valence-corrected chi connectivity index (χ3v) is 1.50. The van der Waals surface area contributed by atoms with Crippen molar-refractivity contribution in [1.82, 2.24) is 4.90 Å². The molecule has 0 unspecified atom stereocenters. The number of hydrogen-bond donors (Lipinski definition) is 2. The zero-order valence-electron chi connectivity index (χ0n) is 8.32. The van der Waals surface area contributed by atoms with E-state index in [1.165, 1.54) is 0 Å². The fourth-order valence-corrected chi connectivity index (χ4v) is 0.953. The molecule has 0 bridgehead atoms. The highest BCUT2D eigenvalue weighted by atomic mass is 16.2. The molecule has 6 nitrogen and oxygen atoms in total. The number of rotatable bonds is 5. The second-order valence-corrected chi connectivity index (χ2v) is 3.28. The number of hydrogen-bond acceptors (Lipinski definition) is 3. The van der Waals surface area contributed by atoms with Gasteiger partial charge in [0, 0.05) is 5.92 Å². The van der Waals surface area contributed by atoms with Crippen molar-refractivity contribution in [2.24, 2.45) is 17.4 Å². The minimum absolute atomic E-state index is 0.278. The summed E-state index contributed by atoms with van der Waals surface area (Å²) in [5.74, 6) is -1.95. The highest BCUT2D eigenvalue weighted by Gasteiger charge is 2.20. The third-order valence-electron chi connectivity index (χ3n) is 1.50.